The summed E-state index contributed by atoms with van der Waals surface area (Å²) >= 11 is 0. The fourth-order valence-corrected chi connectivity index (χ4v) is 2.17. The van der Waals surface area contributed by atoms with E-state index in [2.05, 4.69) is 15.1 Å². The minimum absolute atomic E-state index is 0.288. The van der Waals surface area contributed by atoms with Crippen LogP contribution in [0.25, 0.3) is 0 Å². The number of nitriles is 1. The number of aliphatic hydroxyl groups excluding tert-OH is 1. The zero-order chi connectivity index (χ0) is 12.3. The van der Waals surface area contributed by atoms with Gasteiger partial charge in [0.1, 0.15) is 6.07 Å². The van der Waals surface area contributed by atoms with E-state index < -0.39 is 0 Å². The SMILES string of the molecule is CC(O)C1CCCN(c2ccc(C#N)nn2)C1. The molecule has 1 fully saturated rings. The van der Waals surface area contributed by atoms with E-state index in [9.17, 15) is 5.11 Å². The Balaban J connectivity index is 2.08. The van der Waals surface area contributed by atoms with Gasteiger partial charge in [-0.3, -0.25) is 0 Å². The Morgan fingerprint density at radius 2 is 2.35 bits per heavy atom. The number of piperidine rings is 1. The molecule has 0 radical (unpaired) electrons. The summed E-state index contributed by atoms with van der Waals surface area (Å²) in [6.07, 6.45) is 1.82. The molecule has 2 unspecified atom stereocenters. The first-order chi connectivity index (χ1) is 8.20. The van der Waals surface area contributed by atoms with Gasteiger partial charge in [-0.05, 0) is 31.9 Å². The molecule has 0 bridgehead atoms. The van der Waals surface area contributed by atoms with Crippen LogP contribution in [0.4, 0.5) is 5.82 Å². The van der Waals surface area contributed by atoms with Crippen molar-refractivity contribution in [1.29, 1.82) is 5.26 Å². The van der Waals surface area contributed by atoms with Gasteiger partial charge >= 0.3 is 0 Å². The summed E-state index contributed by atoms with van der Waals surface area (Å²) < 4.78 is 0. The molecule has 5 heteroatoms. The van der Waals surface area contributed by atoms with Crippen molar-refractivity contribution >= 4 is 5.82 Å². The summed E-state index contributed by atoms with van der Waals surface area (Å²) in [7, 11) is 0. The van der Waals surface area contributed by atoms with Crippen molar-refractivity contribution in [2.75, 3.05) is 18.0 Å². The first kappa shape index (κ1) is 11.8. The molecule has 1 aliphatic heterocycles. The second-order valence-electron chi connectivity index (χ2n) is 4.48. The maximum Gasteiger partial charge on any atom is 0.163 e. The molecule has 2 atom stereocenters. The van der Waals surface area contributed by atoms with Crippen LogP contribution in [0.3, 0.4) is 0 Å². The molecule has 5 nitrogen and oxygen atoms in total. The molecule has 0 saturated carbocycles. The van der Waals surface area contributed by atoms with Gasteiger partial charge in [0.05, 0.1) is 6.10 Å². The van der Waals surface area contributed by atoms with Crippen molar-refractivity contribution in [3.05, 3.63) is 17.8 Å². The summed E-state index contributed by atoms with van der Waals surface area (Å²) in [6, 6.07) is 5.44. The van der Waals surface area contributed by atoms with Gasteiger partial charge in [0.15, 0.2) is 11.5 Å². The minimum atomic E-state index is -0.288. The molecule has 1 aromatic heterocycles. The summed E-state index contributed by atoms with van der Waals surface area (Å²) in [5.74, 6) is 1.08. The van der Waals surface area contributed by atoms with Crippen LogP contribution >= 0.6 is 0 Å². The Hall–Kier alpha value is -1.67. The molecule has 1 saturated heterocycles. The molecule has 0 aromatic carbocycles. The van der Waals surface area contributed by atoms with Crippen molar-refractivity contribution in [3.8, 4) is 6.07 Å². The molecule has 1 N–H and O–H groups in total. The fraction of sp³-hybridized carbons (Fsp3) is 0.583. The lowest BCUT2D eigenvalue weighted by Crippen LogP contribution is -2.40. The van der Waals surface area contributed by atoms with Gasteiger partial charge < -0.3 is 10.0 Å². The predicted octanol–water partition coefficient (Wildman–Crippen LogP) is 0.945. The van der Waals surface area contributed by atoms with E-state index in [0.29, 0.717) is 11.6 Å². The van der Waals surface area contributed by atoms with E-state index in [-0.39, 0.29) is 6.10 Å². The minimum Gasteiger partial charge on any atom is -0.393 e. The number of nitrogens with zero attached hydrogens (tertiary/aromatic N) is 4. The normalized spacial score (nSPS) is 21.9. The first-order valence-corrected chi connectivity index (χ1v) is 5.87. The standard InChI is InChI=1S/C12H16N4O/c1-9(17)10-3-2-6-16(8-10)12-5-4-11(7-13)14-15-12/h4-5,9-10,17H,2-3,6,8H2,1H3. The maximum absolute atomic E-state index is 9.62. The molecule has 90 valence electrons. The molecular weight excluding hydrogens is 216 g/mol. The molecular formula is C12H16N4O. The zero-order valence-corrected chi connectivity index (χ0v) is 9.87. The van der Waals surface area contributed by atoms with Gasteiger partial charge in [-0.25, -0.2) is 0 Å². The maximum atomic E-state index is 9.62. The summed E-state index contributed by atoms with van der Waals surface area (Å²) in [5.41, 5.74) is 0.331. The zero-order valence-electron chi connectivity index (χ0n) is 9.87. The summed E-state index contributed by atoms with van der Waals surface area (Å²) in [5, 5.41) is 26.1. The third kappa shape index (κ3) is 2.71. The smallest absolute Gasteiger partial charge is 0.163 e. The molecule has 2 rings (SSSR count). The van der Waals surface area contributed by atoms with Crippen molar-refractivity contribution in [2.24, 2.45) is 5.92 Å². The summed E-state index contributed by atoms with van der Waals surface area (Å²) in [6.45, 7) is 3.57. The number of hydrogen-bond donors (Lipinski definition) is 1. The summed E-state index contributed by atoms with van der Waals surface area (Å²) in [4.78, 5) is 2.12. The molecule has 0 amide bonds. The number of aliphatic hydroxyl groups is 1. The van der Waals surface area contributed by atoms with Gasteiger partial charge in [0.25, 0.3) is 0 Å². The molecule has 0 aliphatic carbocycles. The Morgan fingerprint density at radius 3 is 2.94 bits per heavy atom. The monoisotopic (exact) mass is 232 g/mol. The Bertz CT molecular complexity index is 410. The predicted molar refractivity (Wildman–Crippen MR) is 63.4 cm³/mol. The average molecular weight is 232 g/mol. The molecule has 17 heavy (non-hydrogen) atoms. The lowest BCUT2D eigenvalue weighted by Gasteiger charge is -2.34. The highest BCUT2D eigenvalue weighted by atomic mass is 16.3. The van der Waals surface area contributed by atoms with Crippen LogP contribution in [0.15, 0.2) is 12.1 Å². The van der Waals surface area contributed by atoms with E-state index in [0.717, 1.165) is 31.7 Å². The van der Waals surface area contributed by atoms with Crippen LogP contribution in [0.2, 0.25) is 0 Å². The lowest BCUT2D eigenvalue weighted by atomic mass is 9.93. The van der Waals surface area contributed by atoms with Crippen molar-refractivity contribution in [2.45, 2.75) is 25.9 Å². The van der Waals surface area contributed by atoms with Gasteiger partial charge in [0.2, 0.25) is 0 Å². The molecule has 1 aromatic rings. The van der Waals surface area contributed by atoms with E-state index >= 15 is 0 Å². The number of rotatable bonds is 2. The van der Waals surface area contributed by atoms with Crippen molar-refractivity contribution in [1.82, 2.24) is 10.2 Å². The van der Waals surface area contributed by atoms with Crippen molar-refractivity contribution < 1.29 is 5.11 Å². The highest BCUT2D eigenvalue weighted by Crippen LogP contribution is 2.23. The Labute approximate surface area is 101 Å². The fourth-order valence-electron chi connectivity index (χ4n) is 2.17. The lowest BCUT2D eigenvalue weighted by molar-refractivity contribution is 0.115. The largest absolute Gasteiger partial charge is 0.393 e. The Kier molecular flexibility index (Phi) is 3.55. The van der Waals surface area contributed by atoms with Crippen LogP contribution in [-0.2, 0) is 0 Å². The topological polar surface area (TPSA) is 73.0 Å². The van der Waals surface area contributed by atoms with Gasteiger partial charge in [-0.1, -0.05) is 0 Å². The van der Waals surface area contributed by atoms with Crippen LogP contribution in [0.1, 0.15) is 25.5 Å². The molecule has 2 heterocycles. The second kappa shape index (κ2) is 5.11. The molecule has 0 spiro atoms. The third-order valence-electron chi connectivity index (χ3n) is 3.23. The van der Waals surface area contributed by atoms with Crippen LogP contribution in [0.5, 0.6) is 0 Å². The van der Waals surface area contributed by atoms with E-state index in [1.165, 1.54) is 0 Å². The third-order valence-corrected chi connectivity index (χ3v) is 3.23. The number of aromatic nitrogens is 2. The first-order valence-electron chi connectivity index (χ1n) is 5.87. The van der Waals surface area contributed by atoms with Crippen LogP contribution in [0, 0.1) is 17.2 Å². The van der Waals surface area contributed by atoms with Crippen LogP contribution < -0.4 is 4.90 Å². The Morgan fingerprint density at radius 1 is 1.53 bits per heavy atom. The van der Waals surface area contributed by atoms with E-state index in [1.54, 1.807) is 6.07 Å². The number of hydrogen-bond acceptors (Lipinski definition) is 5. The molecule has 1 aliphatic rings. The highest BCUT2D eigenvalue weighted by Gasteiger charge is 2.24. The highest BCUT2D eigenvalue weighted by molar-refractivity contribution is 5.39. The van der Waals surface area contributed by atoms with Gasteiger partial charge in [0, 0.05) is 19.0 Å². The average Bonchev–Trinajstić information content (AvgIpc) is 2.39. The van der Waals surface area contributed by atoms with Crippen molar-refractivity contribution in [3.63, 3.8) is 0 Å². The van der Waals surface area contributed by atoms with Gasteiger partial charge in [-0.2, -0.15) is 5.26 Å². The second-order valence-corrected chi connectivity index (χ2v) is 4.48. The van der Waals surface area contributed by atoms with E-state index in [4.69, 9.17) is 5.26 Å². The van der Waals surface area contributed by atoms with Crippen LogP contribution in [-0.4, -0.2) is 34.5 Å². The number of anilines is 1. The van der Waals surface area contributed by atoms with E-state index in [1.807, 2.05) is 19.1 Å². The van der Waals surface area contributed by atoms with Gasteiger partial charge in [-0.15, -0.1) is 10.2 Å². The quantitative estimate of drug-likeness (QED) is 0.821.